The number of nitrogens with zero attached hydrogens (tertiary/aromatic N) is 3. The highest BCUT2D eigenvalue weighted by atomic mass is 79.9. The molecule has 0 aliphatic heterocycles. The fourth-order valence-electron chi connectivity index (χ4n) is 1.50. The normalized spacial score (nSPS) is 10.8. The van der Waals surface area contributed by atoms with E-state index in [0.717, 1.165) is 20.4 Å². The molecule has 7 heteroatoms. The number of nitrogens with one attached hydrogen (secondary N) is 1. The van der Waals surface area contributed by atoms with Gasteiger partial charge in [-0.25, -0.2) is 9.97 Å². The van der Waals surface area contributed by atoms with Gasteiger partial charge in [0.2, 0.25) is 5.28 Å². The molecule has 0 unspecified atom stereocenters. The van der Waals surface area contributed by atoms with Crippen LogP contribution < -0.4 is 5.32 Å². The third kappa shape index (κ3) is 2.31. The van der Waals surface area contributed by atoms with Crippen LogP contribution in [0.2, 0.25) is 5.28 Å². The quantitative estimate of drug-likeness (QED) is 0.708. The molecule has 0 saturated heterocycles. The summed E-state index contributed by atoms with van der Waals surface area (Å²) < 4.78 is 1.88. The highest BCUT2D eigenvalue weighted by Gasteiger charge is 2.05. The van der Waals surface area contributed by atoms with Crippen LogP contribution in [0.4, 0.5) is 11.5 Å². The predicted molar refractivity (Wildman–Crippen MR) is 77.6 cm³/mol. The second-order valence-electron chi connectivity index (χ2n) is 3.50. The van der Waals surface area contributed by atoms with Crippen LogP contribution in [0.5, 0.6) is 0 Å². The summed E-state index contributed by atoms with van der Waals surface area (Å²) in [4.78, 5) is 12.2. The molecule has 1 N–H and O–H groups in total. The highest BCUT2D eigenvalue weighted by molar-refractivity contribution is 9.10. The largest absolute Gasteiger partial charge is 0.339 e. The first-order valence-corrected chi connectivity index (χ1v) is 7.06. The van der Waals surface area contributed by atoms with Gasteiger partial charge in [-0.3, -0.25) is 0 Å². The lowest BCUT2D eigenvalue weighted by Gasteiger charge is -2.07. The Morgan fingerprint density at radius 3 is 3.06 bits per heavy atom. The average molecular weight is 342 g/mol. The fourth-order valence-corrected chi connectivity index (χ4v) is 2.64. The van der Waals surface area contributed by atoms with Crippen LogP contribution in [-0.4, -0.2) is 15.0 Å². The van der Waals surface area contributed by atoms with Gasteiger partial charge in [-0.1, -0.05) is 0 Å². The van der Waals surface area contributed by atoms with Crippen molar-refractivity contribution in [3.05, 3.63) is 39.7 Å². The molecular weight excluding hydrogens is 336 g/mol. The van der Waals surface area contributed by atoms with E-state index in [4.69, 9.17) is 11.6 Å². The second kappa shape index (κ2) is 4.79. The van der Waals surface area contributed by atoms with E-state index >= 15 is 0 Å². The Kier molecular flexibility index (Phi) is 3.15. The topological polar surface area (TPSA) is 50.7 Å². The van der Waals surface area contributed by atoms with Crippen molar-refractivity contribution in [3.8, 4) is 0 Å². The van der Waals surface area contributed by atoms with Crippen LogP contribution >= 0.6 is 38.9 Å². The van der Waals surface area contributed by atoms with Gasteiger partial charge >= 0.3 is 0 Å². The standard InChI is InChI=1S/C11H6BrClN4S/c12-7-4-14-11(13)17-10(7)16-6-1-2-8-9(3-6)18-5-15-8/h1-5H,(H,14,16,17). The maximum absolute atomic E-state index is 5.77. The summed E-state index contributed by atoms with van der Waals surface area (Å²) in [7, 11) is 0. The van der Waals surface area contributed by atoms with E-state index < -0.39 is 0 Å². The van der Waals surface area contributed by atoms with Gasteiger partial charge < -0.3 is 5.32 Å². The van der Waals surface area contributed by atoms with E-state index in [1.807, 2.05) is 23.7 Å². The first kappa shape index (κ1) is 11.8. The van der Waals surface area contributed by atoms with Crippen molar-refractivity contribution in [2.24, 2.45) is 0 Å². The van der Waals surface area contributed by atoms with Crippen LogP contribution in [0, 0.1) is 0 Å². The summed E-state index contributed by atoms with van der Waals surface area (Å²) in [6, 6.07) is 5.94. The van der Waals surface area contributed by atoms with Crippen LogP contribution in [0.25, 0.3) is 10.2 Å². The van der Waals surface area contributed by atoms with Gasteiger partial charge in [-0.05, 0) is 45.7 Å². The van der Waals surface area contributed by atoms with Crippen molar-refractivity contribution in [1.29, 1.82) is 0 Å². The minimum atomic E-state index is 0.208. The van der Waals surface area contributed by atoms with E-state index in [1.165, 1.54) is 0 Å². The maximum atomic E-state index is 5.77. The Balaban J connectivity index is 1.97. The van der Waals surface area contributed by atoms with E-state index in [1.54, 1.807) is 17.5 Å². The number of thiazole rings is 1. The minimum absolute atomic E-state index is 0.208. The number of halogens is 2. The Labute approximate surface area is 120 Å². The molecule has 3 aromatic rings. The van der Waals surface area contributed by atoms with Crippen molar-refractivity contribution >= 4 is 60.6 Å². The highest BCUT2D eigenvalue weighted by Crippen LogP contribution is 2.27. The molecule has 0 amide bonds. The monoisotopic (exact) mass is 340 g/mol. The summed E-state index contributed by atoms with van der Waals surface area (Å²) in [6.45, 7) is 0. The number of hydrogen-bond acceptors (Lipinski definition) is 5. The first-order valence-electron chi connectivity index (χ1n) is 5.01. The molecule has 3 rings (SSSR count). The number of aromatic nitrogens is 3. The zero-order chi connectivity index (χ0) is 12.5. The van der Waals surface area contributed by atoms with Crippen molar-refractivity contribution < 1.29 is 0 Å². The van der Waals surface area contributed by atoms with Gasteiger partial charge in [-0.15, -0.1) is 11.3 Å². The average Bonchev–Trinajstić information content (AvgIpc) is 2.81. The number of hydrogen-bond donors (Lipinski definition) is 1. The SMILES string of the molecule is Clc1ncc(Br)c(Nc2ccc3ncsc3c2)n1. The van der Waals surface area contributed by atoms with Crippen LogP contribution in [0.15, 0.2) is 34.4 Å². The molecule has 0 saturated carbocycles. The lowest BCUT2D eigenvalue weighted by molar-refractivity contribution is 1.15. The summed E-state index contributed by atoms with van der Waals surface area (Å²) in [5.41, 5.74) is 3.75. The Hall–Kier alpha value is -1.24. The zero-order valence-corrected chi connectivity index (χ0v) is 12.1. The molecular formula is C11H6BrClN4S. The molecule has 1 aromatic carbocycles. The lowest BCUT2D eigenvalue weighted by Crippen LogP contribution is -1.96. The molecule has 0 atom stereocenters. The Morgan fingerprint density at radius 2 is 2.17 bits per heavy atom. The molecule has 2 heterocycles. The molecule has 18 heavy (non-hydrogen) atoms. The molecule has 0 bridgehead atoms. The molecule has 0 radical (unpaired) electrons. The predicted octanol–water partition coefficient (Wildman–Crippen LogP) is 4.25. The number of rotatable bonds is 2. The molecule has 0 aliphatic rings. The molecule has 90 valence electrons. The number of benzene rings is 1. The van der Waals surface area contributed by atoms with Gasteiger partial charge in [-0.2, -0.15) is 4.98 Å². The summed E-state index contributed by atoms with van der Waals surface area (Å²) in [5, 5.41) is 3.40. The van der Waals surface area contributed by atoms with E-state index in [9.17, 15) is 0 Å². The molecule has 4 nitrogen and oxygen atoms in total. The maximum Gasteiger partial charge on any atom is 0.224 e. The van der Waals surface area contributed by atoms with Gasteiger partial charge in [0.1, 0.15) is 5.82 Å². The zero-order valence-electron chi connectivity index (χ0n) is 8.89. The molecule has 2 aromatic heterocycles. The van der Waals surface area contributed by atoms with Gasteiger partial charge in [0.25, 0.3) is 0 Å². The second-order valence-corrected chi connectivity index (χ2v) is 5.57. The molecule has 0 spiro atoms. The van der Waals surface area contributed by atoms with E-state index in [2.05, 4.69) is 36.2 Å². The van der Waals surface area contributed by atoms with Crippen LogP contribution in [0.3, 0.4) is 0 Å². The smallest absolute Gasteiger partial charge is 0.224 e. The van der Waals surface area contributed by atoms with Crippen molar-refractivity contribution in [2.45, 2.75) is 0 Å². The summed E-state index contributed by atoms with van der Waals surface area (Å²) in [5.74, 6) is 0.638. The van der Waals surface area contributed by atoms with Crippen molar-refractivity contribution in [3.63, 3.8) is 0 Å². The van der Waals surface area contributed by atoms with Gasteiger partial charge in [0, 0.05) is 11.9 Å². The third-order valence-corrected chi connectivity index (χ3v) is 3.86. The van der Waals surface area contributed by atoms with Crippen LogP contribution in [-0.2, 0) is 0 Å². The van der Waals surface area contributed by atoms with Gasteiger partial charge in [0.15, 0.2) is 0 Å². The fraction of sp³-hybridized carbons (Fsp3) is 0. The van der Waals surface area contributed by atoms with Crippen molar-refractivity contribution in [1.82, 2.24) is 15.0 Å². The number of anilines is 2. The summed E-state index contributed by atoms with van der Waals surface area (Å²) in [6.07, 6.45) is 1.61. The minimum Gasteiger partial charge on any atom is -0.339 e. The van der Waals surface area contributed by atoms with Crippen molar-refractivity contribution in [2.75, 3.05) is 5.32 Å². The van der Waals surface area contributed by atoms with E-state index in [-0.39, 0.29) is 5.28 Å². The van der Waals surface area contributed by atoms with Gasteiger partial charge in [0.05, 0.1) is 20.2 Å². The lowest BCUT2D eigenvalue weighted by atomic mass is 10.3. The van der Waals surface area contributed by atoms with Crippen LogP contribution in [0.1, 0.15) is 0 Å². The molecule has 0 fully saturated rings. The Morgan fingerprint density at radius 1 is 1.28 bits per heavy atom. The first-order chi connectivity index (χ1) is 8.72. The number of fused-ring (bicyclic) bond motifs is 1. The molecule has 0 aliphatic carbocycles. The third-order valence-electron chi connectivity index (χ3n) is 2.31. The van der Waals surface area contributed by atoms with E-state index in [0.29, 0.717) is 5.82 Å². The Bertz CT molecular complexity index is 715. The summed E-state index contributed by atoms with van der Waals surface area (Å²) >= 11 is 10.7.